The minimum absolute atomic E-state index is 1.02. The smallest absolute Gasteiger partial charge is 0.0766 e. The first-order valence-corrected chi connectivity index (χ1v) is 10.4. The van der Waals surface area contributed by atoms with Crippen LogP contribution >= 0.6 is 0 Å². The number of likely N-dealkylation sites (tertiary alicyclic amines) is 1. The molecule has 1 rings (SSSR count). The van der Waals surface area contributed by atoms with Gasteiger partial charge in [-0.25, -0.2) is 0 Å². The van der Waals surface area contributed by atoms with E-state index in [-0.39, 0.29) is 0 Å². The first kappa shape index (κ1) is 15.0. The quantitative estimate of drug-likeness (QED) is 0.631. The van der Waals surface area contributed by atoms with Gasteiger partial charge in [0.25, 0.3) is 0 Å². The maximum Gasteiger partial charge on any atom is 0.0766 e. The molecule has 0 saturated carbocycles. The van der Waals surface area contributed by atoms with E-state index >= 15 is 0 Å². The van der Waals surface area contributed by atoms with Crippen molar-refractivity contribution in [2.45, 2.75) is 64.6 Å². The highest BCUT2D eigenvalue weighted by Gasteiger charge is 2.22. The summed E-state index contributed by atoms with van der Waals surface area (Å²) < 4.78 is 0. The van der Waals surface area contributed by atoms with Gasteiger partial charge in [0, 0.05) is 6.54 Å². The molecule has 0 atom stereocenters. The fourth-order valence-corrected chi connectivity index (χ4v) is 5.69. The Morgan fingerprint density at radius 2 is 1.41 bits per heavy atom. The zero-order valence-electron chi connectivity index (χ0n) is 12.2. The lowest BCUT2D eigenvalue weighted by Crippen LogP contribution is -2.30. The summed E-state index contributed by atoms with van der Waals surface area (Å²) in [6, 6.07) is 4.24. The molecule has 17 heavy (non-hydrogen) atoms. The van der Waals surface area contributed by atoms with Gasteiger partial charge in [-0.2, -0.15) is 0 Å². The van der Waals surface area contributed by atoms with Gasteiger partial charge in [0.05, 0.1) is 8.07 Å². The third-order valence-electron chi connectivity index (χ3n) is 4.65. The van der Waals surface area contributed by atoms with E-state index in [9.17, 15) is 0 Å². The summed E-state index contributed by atoms with van der Waals surface area (Å²) in [5.74, 6) is 0. The predicted molar refractivity (Wildman–Crippen MR) is 81.2 cm³/mol. The molecule has 1 aliphatic rings. The van der Waals surface area contributed by atoms with E-state index < -0.39 is 8.07 Å². The van der Waals surface area contributed by atoms with Crippen LogP contribution in [0.1, 0.15) is 46.5 Å². The summed E-state index contributed by atoms with van der Waals surface area (Å²) in [6.07, 6.45) is 8.20. The second kappa shape index (κ2) is 8.10. The van der Waals surface area contributed by atoms with Gasteiger partial charge in [0.1, 0.15) is 0 Å². The van der Waals surface area contributed by atoms with Crippen LogP contribution in [0.25, 0.3) is 0 Å². The molecule has 1 fully saturated rings. The molecule has 0 aromatic carbocycles. The lowest BCUT2D eigenvalue weighted by atomic mass is 10.2. The topological polar surface area (TPSA) is 3.24 Å². The van der Waals surface area contributed by atoms with Gasteiger partial charge in [-0.15, -0.1) is 0 Å². The Labute approximate surface area is 109 Å². The summed E-state index contributed by atoms with van der Waals surface area (Å²) >= 11 is 0. The van der Waals surface area contributed by atoms with Crippen LogP contribution in [-0.4, -0.2) is 32.6 Å². The third-order valence-corrected chi connectivity index (χ3v) is 9.81. The first-order valence-electron chi connectivity index (χ1n) is 7.66. The molecule has 0 aliphatic carbocycles. The second-order valence-corrected chi connectivity index (χ2v) is 10.7. The zero-order chi connectivity index (χ0) is 12.6. The van der Waals surface area contributed by atoms with E-state index in [1.54, 1.807) is 0 Å². The average Bonchev–Trinajstić information content (AvgIpc) is 2.64. The molecule has 0 spiro atoms. The van der Waals surface area contributed by atoms with E-state index in [2.05, 4.69) is 37.4 Å². The lowest BCUT2D eigenvalue weighted by molar-refractivity contribution is 0.316. The highest BCUT2D eigenvalue weighted by atomic mass is 28.3. The SMILES string of the molecule is CC[Si](/C=C\CN1CCCCCC1)(CC)CC. The number of hydrogen-bond donors (Lipinski definition) is 0. The van der Waals surface area contributed by atoms with Crippen LogP contribution in [0, 0.1) is 0 Å². The van der Waals surface area contributed by atoms with Gasteiger partial charge in [-0.05, 0) is 25.9 Å². The molecular formula is C15H31NSi. The molecular weight excluding hydrogens is 222 g/mol. The molecule has 0 aromatic rings. The van der Waals surface area contributed by atoms with Gasteiger partial charge in [-0.3, -0.25) is 4.90 Å². The van der Waals surface area contributed by atoms with E-state index in [0.717, 1.165) is 0 Å². The third kappa shape index (κ3) is 4.97. The fourth-order valence-electron chi connectivity index (χ4n) is 2.87. The van der Waals surface area contributed by atoms with Crippen LogP contribution in [0.4, 0.5) is 0 Å². The molecule has 0 radical (unpaired) electrons. The molecule has 0 amide bonds. The van der Waals surface area contributed by atoms with Gasteiger partial charge in [-0.1, -0.05) is 63.5 Å². The summed E-state index contributed by atoms with van der Waals surface area (Å²) in [4.78, 5) is 2.64. The first-order chi connectivity index (χ1) is 8.26. The molecule has 2 heteroatoms. The molecule has 0 unspecified atom stereocenters. The molecule has 0 aromatic heterocycles. The van der Waals surface area contributed by atoms with Crippen LogP contribution in [0.2, 0.25) is 18.1 Å². The Bertz CT molecular complexity index is 205. The van der Waals surface area contributed by atoms with Crippen LogP contribution in [0.3, 0.4) is 0 Å². The molecule has 0 bridgehead atoms. The van der Waals surface area contributed by atoms with Crippen molar-refractivity contribution in [1.29, 1.82) is 0 Å². The van der Waals surface area contributed by atoms with Crippen LogP contribution in [0.15, 0.2) is 11.8 Å². The monoisotopic (exact) mass is 253 g/mol. The van der Waals surface area contributed by atoms with Crippen molar-refractivity contribution >= 4 is 8.07 Å². The standard InChI is InChI=1S/C15H31NSi/c1-4-17(5-2,6-3)15-11-14-16-12-9-7-8-10-13-16/h11,15H,4-10,12-14H2,1-3H3/b15-11-. The maximum atomic E-state index is 2.64. The lowest BCUT2D eigenvalue weighted by Gasteiger charge is -2.24. The Kier molecular flexibility index (Phi) is 7.13. The Morgan fingerprint density at radius 1 is 0.882 bits per heavy atom. The molecule has 1 heterocycles. The predicted octanol–water partition coefficient (Wildman–Crippen LogP) is 4.47. The maximum absolute atomic E-state index is 2.64. The van der Waals surface area contributed by atoms with Crippen molar-refractivity contribution in [2.24, 2.45) is 0 Å². The van der Waals surface area contributed by atoms with Gasteiger partial charge in [0.2, 0.25) is 0 Å². The second-order valence-electron chi connectivity index (χ2n) is 5.54. The van der Waals surface area contributed by atoms with Crippen molar-refractivity contribution in [2.75, 3.05) is 19.6 Å². The number of rotatable bonds is 6. The molecule has 1 nitrogen and oxygen atoms in total. The highest BCUT2D eigenvalue weighted by Crippen LogP contribution is 2.21. The Morgan fingerprint density at radius 3 is 1.88 bits per heavy atom. The number of nitrogens with zero attached hydrogens (tertiary/aromatic N) is 1. The van der Waals surface area contributed by atoms with Crippen molar-refractivity contribution in [1.82, 2.24) is 4.90 Å². The minimum Gasteiger partial charge on any atom is -0.300 e. The normalized spacial score (nSPS) is 19.7. The molecule has 100 valence electrons. The molecule has 1 aliphatic heterocycles. The summed E-state index contributed by atoms with van der Waals surface area (Å²) in [6.45, 7) is 11.0. The van der Waals surface area contributed by atoms with Gasteiger partial charge < -0.3 is 0 Å². The van der Waals surface area contributed by atoms with Crippen LogP contribution in [0.5, 0.6) is 0 Å². The zero-order valence-corrected chi connectivity index (χ0v) is 13.2. The van der Waals surface area contributed by atoms with Crippen molar-refractivity contribution < 1.29 is 0 Å². The average molecular weight is 254 g/mol. The molecule has 0 N–H and O–H groups in total. The molecule has 1 saturated heterocycles. The minimum atomic E-state index is -1.02. The Hall–Kier alpha value is -0.0831. The van der Waals surface area contributed by atoms with E-state index in [4.69, 9.17) is 0 Å². The van der Waals surface area contributed by atoms with Crippen molar-refractivity contribution in [3.8, 4) is 0 Å². The van der Waals surface area contributed by atoms with E-state index in [1.165, 1.54) is 63.4 Å². The highest BCUT2D eigenvalue weighted by molar-refractivity contribution is 6.84. The van der Waals surface area contributed by atoms with Crippen LogP contribution in [-0.2, 0) is 0 Å². The fraction of sp³-hybridized carbons (Fsp3) is 0.867. The summed E-state index contributed by atoms with van der Waals surface area (Å²) in [7, 11) is -1.02. The number of hydrogen-bond acceptors (Lipinski definition) is 1. The van der Waals surface area contributed by atoms with Gasteiger partial charge >= 0.3 is 0 Å². The Balaban J connectivity index is 2.41. The van der Waals surface area contributed by atoms with Gasteiger partial charge in [0.15, 0.2) is 0 Å². The van der Waals surface area contributed by atoms with E-state index in [0.29, 0.717) is 0 Å². The summed E-state index contributed by atoms with van der Waals surface area (Å²) in [5, 5.41) is 0. The largest absolute Gasteiger partial charge is 0.300 e. The summed E-state index contributed by atoms with van der Waals surface area (Å²) in [5.41, 5.74) is 2.64. The van der Waals surface area contributed by atoms with Crippen molar-refractivity contribution in [3.63, 3.8) is 0 Å². The van der Waals surface area contributed by atoms with Crippen molar-refractivity contribution in [3.05, 3.63) is 11.8 Å². The van der Waals surface area contributed by atoms with Crippen LogP contribution < -0.4 is 0 Å². The van der Waals surface area contributed by atoms with E-state index in [1.807, 2.05) is 0 Å².